The molecule has 0 saturated carbocycles. The largest absolute Gasteiger partial charge is 0.392 e. The summed E-state index contributed by atoms with van der Waals surface area (Å²) in [5.41, 5.74) is 1.88. The molecule has 0 fully saturated rings. The van der Waals surface area contributed by atoms with E-state index in [2.05, 4.69) is 16.1 Å². The van der Waals surface area contributed by atoms with Crippen LogP contribution < -0.4 is 4.90 Å². The molecule has 0 unspecified atom stereocenters. The second kappa shape index (κ2) is 5.98. The van der Waals surface area contributed by atoms with E-state index in [1.54, 1.807) is 0 Å². The summed E-state index contributed by atoms with van der Waals surface area (Å²) in [4.78, 5) is 6.55. The molecule has 0 spiro atoms. The molecule has 0 radical (unpaired) electrons. The lowest BCUT2D eigenvalue weighted by molar-refractivity contribution is 0.281. The Kier molecular flexibility index (Phi) is 4.91. The van der Waals surface area contributed by atoms with E-state index < -0.39 is 0 Å². The minimum Gasteiger partial charge on any atom is -0.392 e. The summed E-state index contributed by atoms with van der Waals surface area (Å²) in [6.07, 6.45) is 2.09. The van der Waals surface area contributed by atoms with Crippen LogP contribution in [0, 0.1) is 6.92 Å². The number of anilines is 1. The Balaban J connectivity index is 2.78. The van der Waals surface area contributed by atoms with Crippen molar-refractivity contribution in [3.05, 3.63) is 23.4 Å². The van der Waals surface area contributed by atoms with Crippen LogP contribution in [0.1, 0.15) is 11.3 Å². The third kappa shape index (κ3) is 3.72. The molecule has 15 heavy (non-hydrogen) atoms. The average Bonchev–Trinajstić information content (AvgIpc) is 2.24. The molecule has 0 atom stereocenters. The molecule has 0 aliphatic carbocycles. The zero-order valence-electron chi connectivity index (χ0n) is 9.53. The normalized spacial score (nSPS) is 10.4. The highest BCUT2D eigenvalue weighted by atomic mass is 32.2. The summed E-state index contributed by atoms with van der Waals surface area (Å²) >= 11 is 1.82. The monoisotopic (exact) mass is 226 g/mol. The van der Waals surface area contributed by atoms with E-state index in [0.29, 0.717) is 0 Å². The number of aliphatic hydroxyl groups excluding tert-OH is 1. The van der Waals surface area contributed by atoms with Crippen molar-refractivity contribution in [1.82, 2.24) is 4.98 Å². The molecule has 0 saturated heterocycles. The van der Waals surface area contributed by atoms with Crippen molar-refractivity contribution in [2.75, 3.05) is 30.5 Å². The summed E-state index contributed by atoms with van der Waals surface area (Å²) in [6, 6.07) is 3.85. The maximum Gasteiger partial charge on any atom is 0.128 e. The minimum absolute atomic E-state index is 0.0761. The Bertz CT molecular complexity index is 317. The first-order valence-corrected chi connectivity index (χ1v) is 6.35. The van der Waals surface area contributed by atoms with Crippen molar-refractivity contribution in [3.8, 4) is 0 Å². The maximum atomic E-state index is 9.09. The van der Waals surface area contributed by atoms with Crippen molar-refractivity contribution in [2.24, 2.45) is 0 Å². The molecule has 0 bridgehead atoms. The van der Waals surface area contributed by atoms with E-state index in [4.69, 9.17) is 5.11 Å². The van der Waals surface area contributed by atoms with Crippen molar-refractivity contribution in [1.29, 1.82) is 0 Å². The summed E-state index contributed by atoms with van der Waals surface area (Å²) in [5, 5.41) is 9.09. The van der Waals surface area contributed by atoms with Crippen molar-refractivity contribution >= 4 is 17.6 Å². The fourth-order valence-corrected chi connectivity index (χ4v) is 1.81. The maximum absolute atomic E-state index is 9.09. The van der Waals surface area contributed by atoms with E-state index >= 15 is 0 Å². The lowest BCUT2D eigenvalue weighted by Gasteiger charge is -2.18. The molecule has 4 heteroatoms. The number of rotatable bonds is 5. The number of aromatic nitrogens is 1. The Morgan fingerprint density at radius 3 is 2.80 bits per heavy atom. The van der Waals surface area contributed by atoms with E-state index in [-0.39, 0.29) is 6.61 Å². The second-order valence-electron chi connectivity index (χ2n) is 3.55. The zero-order chi connectivity index (χ0) is 11.3. The van der Waals surface area contributed by atoms with Gasteiger partial charge in [-0.3, -0.25) is 0 Å². The summed E-state index contributed by atoms with van der Waals surface area (Å²) in [7, 11) is 2.03. The van der Waals surface area contributed by atoms with Crippen LogP contribution in [0.3, 0.4) is 0 Å². The van der Waals surface area contributed by atoms with Crippen LogP contribution >= 0.6 is 11.8 Å². The molecule has 0 amide bonds. The topological polar surface area (TPSA) is 36.4 Å². The van der Waals surface area contributed by atoms with E-state index in [1.165, 1.54) is 0 Å². The van der Waals surface area contributed by atoms with Crippen molar-refractivity contribution < 1.29 is 5.11 Å². The number of aliphatic hydroxyl groups is 1. The number of aryl methyl sites for hydroxylation is 1. The number of hydrogen-bond donors (Lipinski definition) is 1. The van der Waals surface area contributed by atoms with Gasteiger partial charge in [-0.05, 0) is 30.9 Å². The molecular formula is C11H18N2OS. The molecule has 1 aromatic rings. The SMILES string of the molecule is CSCCN(C)c1cc(CO)cc(C)n1. The van der Waals surface area contributed by atoms with E-state index in [1.807, 2.05) is 37.9 Å². The number of pyridine rings is 1. The molecule has 1 aromatic heterocycles. The Hall–Kier alpha value is -0.740. The Labute approximate surface area is 95.5 Å². The fraction of sp³-hybridized carbons (Fsp3) is 0.545. The molecule has 84 valence electrons. The van der Waals surface area contributed by atoms with Crippen LogP contribution in [0.15, 0.2) is 12.1 Å². The highest BCUT2D eigenvalue weighted by Gasteiger charge is 2.04. The third-order valence-corrected chi connectivity index (χ3v) is 2.79. The number of hydrogen-bond acceptors (Lipinski definition) is 4. The average molecular weight is 226 g/mol. The van der Waals surface area contributed by atoms with E-state index in [9.17, 15) is 0 Å². The van der Waals surface area contributed by atoms with Gasteiger partial charge in [0.05, 0.1) is 6.61 Å². The lowest BCUT2D eigenvalue weighted by atomic mass is 10.2. The van der Waals surface area contributed by atoms with Crippen molar-refractivity contribution in [3.63, 3.8) is 0 Å². The second-order valence-corrected chi connectivity index (χ2v) is 4.53. The fourth-order valence-electron chi connectivity index (χ4n) is 1.35. The van der Waals surface area contributed by atoms with Gasteiger partial charge in [-0.2, -0.15) is 11.8 Å². The lowest BCUT2D eigenvalue weighted by Crippen LogP contribution is -2.21. The van der Waals surface area contributed by atoms with E-state index in [0.717, 1.165) is 29.4 Å². The standard InChI is InChI=1S/C11H18N2OS/c1-9-6-10(8-14)7-11(12-9)13(2)4-5-15-3/h6-7,14H,4-5,8H2,1-3H3. The van der Waals surface area contributed by atoms with Gasteiger partial charge in [-0.1, -0.05) is 0 Å². The molecule has 1 rings (SSSR count). The third-order valence-electron chi connectivity index (χ3n) is 2.20. The predicted octanol–water partition coefficient (Wildman–Crippen LogP) is 1.68. The van der Waals surface area contributed by atoms with Crippen LogP contribution in [0.5, 0.6) is 0 Å². The van der Waals surface area contributed by atoms with Gasteiger partial charge >= 0.3 is 0 Å². The first kappa shape index (κ1) is 12.3. The van der Waals surface area contributed by atoms with Gasteiger partial charge in [0.25, 0.3) is 0 Å². The Morgan fingerprint density at radius 1 is 1.47 bits per heavy atom. The highest BCUT2D eigenvalue weighted by Crippen LogP contribution is 2.14. The quantitative estimate of drug-likeness (QED) is 0.829. The molecule has 1 N–H and O–H groups in total. The van der Waals surface area contributed by atoms with Gasteiger partial charge in [0.2, 0.25) is 0 Å². The van der Waals surface area contributed by atoms with Crippen molar-refractivity contribution in [2.45, 2.75) is 13.5 Å². The molecule has 0 aromatic carbocycles. The van der Waals surface area contributed by atoms with Gasteiger partial charge < -0.3 is 10.0 Å². The molecular weight excluding hydrogens is 208 g/mol. The summed E-state index contributed by atoms with van der Waals surface area (Å²) in [6.45, 7) is 3.00. The smallest absolute Gasteiger partial charge is 0.128 e. The Morgan fingerprint density at radius 2 is 2.20 bits per heavy atom. The first-order chi connectivity index (χ1) is 7.17. The van der Waals surface area contributed by atoms with Gasteiger partial charge in [-0.25, -0.2) is 4.98 Å². The number of nitrogens with zero attached hydrogens (tertiary/aromatic N) is 2. The van der Waals surface area contributed by atoms with Crippen LogP contribution in [0.4, 0.5) is 5.82 Å². The molecule has 1 heterocycles. The van der Waals surface area contributed by atoms with Gasteiger partial charge in [0.1, 0.15) is 5.82 Å². The summed E-state index contributed by atoms with van der Waals surface area (Å²) < 4.78 is 0. The highest BCUT2D eigenvalue weighted by molar-refractivity contribution is 7.98. The van der Waals surface area contributed by atoms with Crippen LogP contribution in [0.2, 0.25) is 0 Å². The number of thioether (sulfide) groups is 1. The van der Waals surface area contributed by atoms with Crippen LogP contribution in [-0.4, -0.2) is 35.7 Å². The minimum atomic E-state index is 0.0761. The van der Waals surface area contributed by atoms with Crippen LogP contribution in [-0.2, 0) is 6.61 Å². The molecule has 3 nitrogen and oxygen atoms in total. The first-order valence-electron chi connectivity index (χ1n) is 4.96. The van der Waals surface area contributed by atoms with Gasteiger partial charge in [-0.15, -0.1) is 0 Å². The molecule has 0 aliphatic heterocycles. The van der Waals surface area contributed by atoms with Gasteiger partial charge in [0, 0.05) is 25.0 Å². The molecule has 0 aliphatic rings. The summed E-state index contributed by atoms with van der Waals surface area (Å²) in [5.74, 6) is 2.02. The van der Waals surface area contributed by atoms with Gasteiger partial charge in [0.15, 0.2) is 0 Å². The zero-order valence-corrected chi connectivity index (χ0v) is 10.3. The van der Waals surface area contributed by atoms with Crippen LogP contribution in [0.25, 0.3) is 0 Å². The predicted molar refractivity (Wildman–Crippen MR) is 66.5 cm³/mol.